The van der Waals surface area contributed by atoms with Gasteiger partial charge in [0.15, 0.2) is 0 Å². The van der Waals surface area contributed by atoms with Crippen molar-refractivity contribution < 1.29 is 27.4 Å². The maximum Gasteiger partial charge on any atom is 0.264 e. The second kappa shape index (κ2) is 7.77. The number of carbonyl (C=O) groups excluding carboxylic acids is 1. The van der Waals surface area contributed by atoms with E-state index in [0.717, 1.165) is 22.5 Å². The number of rotatable bonds is 5. The van der Waals surface area contributed by atoms with E-state index < -0.39 is 27.3 Å². The number of hydrogen-bond donors (Lipinski definition) is 2. The van der Waals surface area contributed by atoms with E-state index in [-0.39, 0.29) is 46.8 Å². The third-order valence-corrected chi connectivity index (χ3v) is 6.32. The summed E-state index contributed by atoms with van der Waals surface area (Å²) in [6.07, 6.45) is 1.26. The molecular weight excluding hydrogens is 425 g/mol. The van der Waals surface area contributed by atoms with E-state index in [1.54, 1.807) is 13.8 Å². The monoisotopic (exact) mass is 443 g/mol. The Morgan fingerprint density at radius 3 is 2.79 bits per heavy atom. The fraction of sp³-hybridized carbons (Fsp3) is 0.333. The van der Waals surface area contributed by atoms with Gasteiger partial charge in [0.25, 0.3) is 15.9 Å². The SMILES string of the molecule is CC(C)(CO)NC(=O)c1cnc2c(c1)N(S(=O)(=O)c1ccc(F)c(Cl)c1)CCO2. The average molecular weight is 444 g/mol. The van der Waals surface area contributed by atoms with Gasteiger partial charge in [0, 0.05) is 6.20 Å². The van der Waals surface area contributed by atoms with Gasteiger partial charge in [-0.3, -0.25) is 9.10 Å². The first-order valence-electron chi connectivity index (χ1n) is 8.59. The molecule has 0 radical (unpaired) electrons. The van der Waals surface area contributed by atoms with Crippen molar-refractivity contribution in [3.05, 3.63) is 46.9 Å². The van der Waals surface area contributed by atoms with Gasteiger partial charge in [-0.25, -0.2) is 17.8 Å². The van der Waals surface area contributed by atoms with Crippen molar-refractivity contribution in [2.75, 3.05) is 24.1 Å². The van der Waals surface area contributed by atoms with Gasteiger partial charge in [-0.1, -0.05) is 11.6 Å². The molecule has 156 valence electrons. The second-order valence-corrected chi connectivity index (χ2v) is 9.32. The number of pyridine rings is 1. The first kappa shape index (κ1) is 21.3. The highest BCUT2D eigenvalue weighted by Crippen LogP contribution is 2.35. The van der Waals surface area contributed by atoms with Crippen LogP contribution in [-0.2, 0) is 10.0 Å². The van der Waals surface area contributed by atoms with Crippen LogP contribution < -0.4 is 14.4 Å². The Balaban J connectivity index is 2.01. The highest BCUT2D eigenvalue weighted by Gasteiger charge is 2.32. The molecule has 0 spiro atoms. The Bertz CT molecular complexity index is 1060. The number of aromatic nitrogens is 1. The van der Waals surface area contributed by atoms with Gasteiger partial charge in [0.1, 0.15) is 18.1 Å². The zero-order chi connectivity index (χ0) is 21.4. The Kier molecular flexibility index (Phi) is 5.70. The average Bonchev–Trinajstić information content (AvgIpc) is 2.68. The van der Waals surface area contributed by atoms with Crippen molar-refractivity contribution in [3.8, 4) is 5.88 Å². The first-order chi connectivity index (χ1) is 13.5. The van der Waals surface area contributed by atoms with Crippen LogP contribution >= 0.6 is 11.6 Å². The summed E-state index contributed by atoms with van der Waals surface area (Å²) in [6.45, 7) is 3.01. The predicted octanol–water partition coefficient (Wildman–Crippen LogP) is 1.96. The molecule has 2 aromatic rings. The van der Waals surface area contributed by atoms with E-state index in [2.05, 4.69) is 10.3 Å². The minimum atomic E-state index is -4.11. The molecule has 1 aliphatic heterocycles. The van der Waals surface area contributed by atoms with Crippen LogP contribution in [0, 0.1) is 5.82 Å². The van der Waals surface area contributed by atoms with Crippen molar-refractivity contribution in [2.24, 2.45) is 0 Å². The van der Waals surface area contributed by atoms with Crippen LogP contribution in [0.5, 0.6) is 5.88 Å². The van der Waals surface area contributed by atoms with Gasteiger partial charge in [-0.2, -0.15) is 0 Å². The highest BCUT2D eigenvalue weighted by molar-refractivity contribution is 7.92. The molecule has 0 aliphatic carbocycles. The maximum absolute atomic E-state index is 13.4. The summed E-state index contributed by atoms with van der Waals surface area (Å²) in [4.78, 5) is 16.3. The molecule has 3 rings (SSSR count). The lowest BCUT2D eigenvalue weighted by Gasteiger charge is -2.30. The standard InChI is InChI=1S/C18H19ClFN3O5S/c1-18(2,10-24)22-16(25)11-7-15-17(21-9-11)28-6-5-23(15)29(26,27)12-3-4-14(20)13(19)8-12/h3-4,7-9,24H,5-6,10H2,1-2H3,(H,22,25). The van der Waals surface area contributed by atoms with E-state index in [1.807, 2.05) is 0 Å². The molecule has 1 aliphatic rings. The Morgan fingerprint density at radius 2 is 2.14 bits per heavy atom. The maximum atomic E-state index is 13.4. The van der Waals surface area contributed by atoms with E-state index >= 15 is 0 Å². The van der Waals surface area contributed by atoms with Gasteiger partial charge >= 0.3 is 0 Å². The van der Waals surface area contributed by atoms with Crippen LogP contribution in [0.15, 0.2) is 35.4 Å². The number of aliphatic hydroxyl groups excluding tert-OH is 1. The van der Waals surface area contributed by atoms with E-state index in [9.17, 15) is 22.7 Å². The van der Waals surface area contributed by atoms with Crippen molar-refractivity contribution in [1.82, 2.24) is 10.3 Å². The fourth-order valence-electron chi connectivity index (χ4n) is 2.63. The van der Waals surface area contributed by atoms with Crippen LogP contribution in [0.25, 0.3) is 0 Å². The fourth-order valence-corrected chi connectivity index (χ4v) is 4.34. The van der Waals surface area contributed by atoms with Gasteiger partial charge in [0.2, 0.25) is 5.88 Å². The summed E-state index contributed by atoms with van der Waals surface area (Å²) >= 11 is 5.73. The normalized spacial score (nSPS) is 14.2. The molecule has 29 heavy (non-hydrogen) atoms. The van der Waals surface area contributed by atoms with Crippen LogP contribution in [-0.4, -0.2) is 49.7 Å². The van der Waals surface area contributed by atoms with Crippen LogP contribution in [0.4, 0.5) is 10.1 Å². The lowest BCUT2D eigenvalue weighted by atomic mass is 10.1. The zero-order valence-electron chi connectivity index (χ0n) is 15.6. The second-order valence-electron chi connectivity index (χ2n) is 7.05. The largest absolute Gasteiger partial charge is 0.474 e. The Hall–Kier alpha value is -2.43. The summed E-state index contributed by atoms with van der Waals surface area (Å²) in [5, 5.41) is 11.6. The molecule has 0 fully saturated rings. The number of anilines is 1. The molecule has 0 unspecified atom stereocenters. The smallest absolute Gasteiger partial charge is 0.264 e. The Morgan fingerprint density at radius 1 is 1.41 bits per heavy atom. The molecule has 0 saturated heterocycles. The van der Waals surface area contributed by atoms with E-state index in [0.29, 0.717) is 0 Å². The number of nitrogens with one attached hydrogen (secondary N) is 1. The summed E-state index contributed by atoms with van der Waals surface area (Å²) < 4.78 is 46.1. The van der Waals surface area contributed by atoms with Crippen molar-refractivity contribution in [2.45, 2.75) is 24.3 Å². The number of sulfonamides is 1. The number of carbonyl (C=O) groups is 1. The number of benzene rings is 1. The molecule has 11 heteroatoms. The number of amides is 1. The highest BCUT2D eigenvalue weighted by atomic mass is 35.5. The van der Waals surface area contributed by atoms with Gasteiger partial charge in [0.05, 0.1) is 34.2 Å². The minimum Gasteiger partial charge on any atom is -0.474 e. The number of aliphatic hydroxyl groups is 1. The zero-order valence-corrected chi connectivity index (χ0v) is 17.2. The molecule has 1 aromatic heterocycles. The molecule has 2 N–H and O–H groups in total. The van der Waals surface area contributed by atoms with Gasteiger partial charge in [-0.15, -0.1) is 0 Å². The van der Waals surface area contributed by atoms with Crippen molar-refractivity contribution >= 4 is 33.2 Å². The number of ether oxygens (including phenoxy) is 1. The van der Waals surface area contributed by atoms with Gasteiger partial charge < -0.3 is 15.2 Å². The quantitative estimate of drug-likeness (QED) is 0.731. The van der Waals surface area contributed by atoms with Crippen LogP contribution in [0.2, 0.25) is 5.02 Å². The summed E-state index contributed by atoms with van der Waals surface area (Å²) in [5.41, 5.74) is -0.709. The van der Waals surface area contributed by atoms with Crippen molar-refractivity contribution in [1.29, 1.82) is 0 Å². The lowest BCUT2D eigenvalue weighted by Crippen LogP contribution is -2.46. The molecule has 0 atom stereocenters. The van der Waals surface area contributed by atoms with E-state index in [1.165, 1.54) is 12.3 Å². The summed E-state index contributed by atoms with van der Waals surface area (Å²) in [6, 6.07) is 4.44. The number of fused-ring (bicyclic) bond motifs is 1. The van der Waals surface area contributed by atoms with Crippen LogP contribution in [0.3, 0.4) is 0 Å². The van der Waals surface area contributed by atoms with Crippen molar-refractivity contribution in [3.63, 3.8) is 0 Å². The molecule has 1 aromatic carbocycles. The number of hydrogen-bond acceptors (Lipinski definition) is 6. The van der Waals surface area contributed by atoms with Crippen LogP contribution in [0.1, 0.15) is 24.2 Å². The molecule has 0 bridgehead atoms. The minimum absolute atomic E-state index is 0.0286. The van der Waals surface area contributed by atoms with Gasteiger partial charge in [-0.05, 0) is 38.1 Å². The topological polar surface area (TPSA) is 109 Å². The molecular formula is C18H19ClFN3O5S. The molecule has 2 heterocycles. The first-order valence-corrected chi connectivity index (χ1v) is 10.4. The number of nitrogens with zero attached hydrogens (tertiary/aromatic N) is 2. The number of halogens is 2. The lowest BCUT2D eigenvalue weighted by molar-refractivity contribution is 0.0869. The Labute approximate surface area is 172 Å². The third kappa shape index (κ3) is 4.29. The molecule has 8 nitrogen and oxygen atoms in total. The van der Waals surface area contributed by atoms with E-state index in [4.69, 9.17) is 16.3 Å². The summed E-state index contributed by atoms with van der Waals surface area (Å²) in [7, 11) is -4.11. The third-order valence-electron chi connectivity index (χ3n) is 4.22. The predicted molar refractivity (Wildman–Crippen MR) is 104 cm³/mol. The molecule has 1 amide bonds. The summed E-state index contributed by atoms with van der Waals surface area (Å²) in [5.74, 6) is -1.22. The molecule has 0 saturated carbocycles.